The molecule has 2 rings (SSSR count). The molecule has 1 aliphatic rings. The second-order valence-electron chi connectivity index (χ2n) is 6.77. The third-order valence-corrected chi connectivity index (χ3v) is 5.59. The molecule has 5 nitrogen and oxygen atoms in total. The Bertz CT molecular complexity index is 754. The molecule has 0 unspecified atom stereocenters. The summed E-state index contributed by atoms with van der Waals surface area (Å²) in [5.41, 5.74) is 3.84. The maximum atomic E-state index is 12.3. The van der Waals surface area contributed by atoms with Crippen molar-refractivity contribution in [3.63, 3.8) is 0 Å². The number of carbonyl (C=O) groups is 1. The third kappa shape index (κ3) is 5.88. The van der Waals surface area contributed by atoms with Gasteiger partial charge in [0.1, 0.15) is 6.54 Å². The molecule has 0 bridgehead atoms. The Morgan fingerprint density at radius 1 is 1.24 bits per heavy atom. The number of hydrogen-bond acceptors (Lipinski definition) is 3. The van der Waals surface area contributed by atoms with Gasteiger partial charge >= 0.3 is 0 Å². The quantitative estimate of drug-likeness (QED) is 0.756. The van der Waals surface area contributed by atoms with Crippen molar-refractivity contribution >= 4 is 21.6 Å². The molecular weight excluding hydrogens is 336 g/mol. The average Bonchev–Trinajstić information content (AvgIpc) is 2.53. The summed E-state index contributed by atoms with van der Waals surface area (Å²) >= 11 is 0. The first kappa shape index (κ1) is 19.5. The molecule has 25 heavy (non-hydrogen) atoms. The van der Waals surface area contributed by atoms with E-state index in [2.05, 4.69) is 11.4 Å². The Labute approximate surface area is 151 Å². The minimum atomic E-state index is -3.53. The fourth-order valence-corrected chi connectivity index (χ4v) is 4.06. The van der Waals surface area contributed by atoms with Gasteiger partial charge in [-0.2, -0.15) is 0 Å². The first-order chi connectivity index (χ1) is 11.8. The van der Waals surface area contributed by atoms with Gasteiger partial charge < -0.3 is 5.32 Å². The summed E-state index contributed by atoms with van der Waals surface area (Å²) < 4.78 is 25.5. The van der Waals surface area contributed by atoms with Gasteiger partial charge in [-0.1, -0.05) is 29.3 Å². The molecule has 138 valence electrons. The molecule has 0 spiro atoms. The van der Waals surface area contributed by atoms with Crippen molar-refractivity contribution in [1.82, 2.24) is 5.32 Å². The zero-order valence-electron chi connectivity index (χ0n) is 15.3. The lowest BCUT2D eigenvalue weighted by molar-refractivity contribution is -0.119. The van der Waals surface area contributed by atoms with Gasteiger partial charge in [0.2, 0.25) is 15.9 Å². The van der Waals surface area contributed by atoms with E-state index in [9.17, 15) is 13.2 Å². The highest BCUT2D eigenvalue weighted by molar-refractivity contribution is 7.92. The summed E-state index contributed by atoms with van der Waals surface area (Å²) in [5.74, 6) is -0.276. The lowest BCUT2D eigenvalue weighted by atomic mass is 9.97. The molecule has 0 aliphatic heterocycles. The normalized spacial score (nSPS) is 14.8. The van der Waals surface area contributed by atoms with Crippen molar-refractivity contribution in [2.24, 2.45) is 0 Å². The Morgan fingerprint density at radius 3 is 2.60 bits per heavy atom. The lowest BCUT2D eigenvalue weighted by Gasteiger charge is -2.24. The van der Waals surface area contributed by atoms with E-state index in [0.717, 1.165) is 36.6 Å². The molecule has 1 aliphatic carbocycles. The van der Waals surface area contributed by atoms with Crippen LogP contribution in [0, 0.1) is 13.8 Å². The molecule has 0 saturated carbocycles. The highest BCUT2D eigenvalue weighted by Gasteiger charge is 2.22. The molecule has 1 aromatic carbocycles. The van der Waals surface area contributed by atoms with Crippen LogP contribution in [-0.4, -0.2) is 33.7 Å². The number of allylic oxidation sites excluding steroid dienone is 1. The van der Waals surface area contributed by atoms with E-state index in [1.165, 1.54) is 22.7 Å². The molecule has 0 radical (unpaired) electrons. The van der Waals surface area contributed by atoms with Crippen molar-refractivity contribution in [2.75, 3.05) is 23.7 Å². The second kappa shape index (κ2) is 8.52. The van der Waals surface area contributed by atoms with Gasteiger partial charge in [-0.05, 0) is 57.6 Å². The van der Waals surface area contributed by atoms with Crippen LogP contribution in [-0.2, 0) is 14.8 Å². The largest absolute Gasteiger partial charge is 0.354 e. The Kier molecular flexibility index (Phi) is 6.64. The number of benzene rings is 1. The van der Waals surface area contributed by atoms with Gasteiger partial charge in [-0.25, -0.2) is 8.42 Å². The molecule has 0 saturated heterocycles. The van der Waals surface area contributed by atoms with Crippen LogP contribution in [0.1, 0.15) is 43.2 Å². The summed E-state index contributed by atoms with van der Waals surface area (Å²) in [7, 11) is -3.53. The molecule has 0 heterocycles. The van der Waals surface area contributed by atoms with E-state index in [4.69, 9.17) is 0 Å². The van der Waals surface area contributed by atoms with Crippen LogP contribution in [0.25, 0.3) is 0 Å². The van der Waals surface area contributed by atoms with Crippen LogP contribution < -0.4 is 9.62 Å². The fourth-order valence-electron chi connectivity index (χ4n) is 3.15. The van der Waals surface area contributed by atoms with Gasteiger partial charge in [0.25, 0.3) is 0 Å². The number of rotatable bonds is 7. The van der Waals surface area contributed by atoms with Crippen LogP contribution >= 0.6 is 0 Å². The number of aryl methyl sites for hydroxylation is 2. The molecular formula is C19H28N2O3S. The standard InChI is InChI=1S/C19H28N2O3S/c1-15-9-10-18(16(2)13-15)21(25(3,23)24)14-19(22)20-12-11-17-7-5-4-6-8-17/h7,9-10,13H,4-6,8,11-12,14H2,1-3H3,(H,20,22). The number of carbonyl (C=O) groups excluding carboxylic acids is 1. The Hall–Kier alpha value is -1.82. The van der Waals surface area contributed by atoms with Crippen LogP contribution in [0.15, 0.2) is 29.8 Å². The van der Waals surface area contributed by atoms with E-state index in [-0.39, 0.29) is 12.5 Å². The van der Waals surface area contributed by atoms with E-state index in [1.54, 1.807) is 6.07 Å². The van der Waals surface area contributed by atoms with Crippen molar-refractivity contribution < 1.29 is 13.2 Å². The minimum absolute atomic E-state index is 0.193. The van der Waals surface area contributed by atoms with Crippen LogP contribution in [0.3, 0.4) is 0 Å². The van der Waals surface area contributed by atoms with Crippen molar-refractivity contribution in [3.8, 4) is 0 Å². The molecule has 6 heteroatoms. The smallest absolute Gasteiger partial charge is 0.240 e. The summed E-state index contributed by atoms with van der Waals surface area (Å²) in [4.78, 5) is 12.3. The monoisotopic (exact) mass is 364 g/mol. The minimum Gasteiger partial charge on any atom is -0.354 e. The number of nitrogens with one attached hydrogen (secondary N) is 1. The van der Waals surface area contributed by atoms with Crippen LogP contribution in [0.4, 0.5) is 5.69 Å². The predicted molar refractivity (Wildman–Crippen MR) is 102 cm³/mol. The van der Waals surface area contributed by atoms with E-state index < -0.39 is 10.0 Å². The summed E-state index contributed by atoms with van der Waals surface area (Å²) in [6, 6.07) is 5.53. The summed E-state index contributed by atoms with van der Waals surface area (Å²) in [5, 5.41) is 2.85. The van der Waals surface area contributed by atoms with E-state index in [1.807, 2.05) is 26.0 Å². The molecule has 0 aromatic heterocycles. The maximum absolute atomic E-state index is 12.3. The van der Waals surface area contributed by atoms with Crippen molar-refractivity contribution in [3.05, 3.63) is 41.0 Å². The first-order valence-corrected chi connectivity index (χ1v) is 10.6. The number of anilines is 1. The van der Waals surface area contributed by atoms with Gasteiger partial charge in [0, 0.05) is 6.54 Å². The van der Waals surface area contributed by atoms with Crippen LogP contribution in [0.5, 0.6) is 0 Å². The second-order valence-corrected chi connectivity index (χ2v) is 8.67. The Balaban J connectivity index is 1.99. The molecule has 0 atom stereocenters. The van der Waals surface area contributed by atoms with Gasteiger partial charge in [0.15, 0.2) is 0 Å². The molecule has 1 N–H and O–H groups in total. The maximum Gasteiger partial charge on any atom is 0.240 e. The van der Waals surface area contributed by atoms with Crippen molar-refractivity contribution in [1.29, 1.82) is 0 Å². The van der Waals surface area contributed by atoms with Crippen molar-refractivity contribution in [2.45, 2.75) is 46.0 Å². The van der Waals surface area contributed by atoms with Gasteiger partial charge in [-0.3, -0.25) is 9.10 Å². The lowest BCUT2D eigenvalue weighted by Crippen LogP contribution is -2.41. The van der Waals surface area contributed by atoms with Gasteiger partial charge in [0.05, 0.1) is 11.9 Å². The number of nitrogens with zero attached hydrogens (tertiary/aromatic N) is 1. The SMILES string of the molecule is Cc1ccc(N(CC(=O)NCCC2=CCCCC2)S(C)(=O)=O)c(C)c1. The first-order valence-electron chi connectivity index (χ1n) is 8.77. The predicted octanol–water partition coefficient (Wildman–Crippen LogP) is 3.08. The highest BCUT2D eigenvalue weighted by Crippen LogP contribution is 2.23. The van der Waals surface area contributed by atoms with E-state index >= 15 is 0 Å². The number of hydrogen-bond donors (Lipinski definition) is 1. The average molecular weight is 365 g/mol. The summed E-state index contributed by atoms with van der Waals surface area (Å²) in [6.07, 6.45) is 8.92. The van der Waals surface area contributed by atoms with Gasteiger partial charge in [-0.15, -0.1) is 0 Å². The molecule has 1 aromatic rings. The third-order valence-electron chi connectivity index (χ3n) is 4.46. The Morgan fingerprint density at radius 2 is 2.00 bits per heavy atom. The van der Waals surface area contributed by atoms with E-state index in [0.29, 0.717) is 12.2 Å². The molecule has 0 fully saturated rings. The number of sulfonamides is 1. The van der Waals surface area contributed by atoms with Crippen LogP contribution in [0.2, 0.25) is 0 Å². The zero-order chi connectivity index (χ0) is 18.4. The fraction of sp³-hybridized carbons (Fsp3) is 0.526. The highest BCUT2D eigenvalue weighted by atomic mass is 32.2. The topological polar surface area (TPSA) is 66.5 Å². The molecule has 1 amide bonds. The summed E-state index contributed by atoms with van der Waals surface area (Å²) in [6.45, 7) is 4.17. The zero-order valence-corrected chi connectivity index (χ0v) is 16.2. The number of amides is 1.